The lowest BCUT2D eigenvalue weighted by Gasteiger charge is -2.22. The van der Waals surface area contributed by atoms with Crippen LogP contribution in [-0.4, -0.2) is 49.2 Å². The van der Waals surface area contributed by atoms with Crippen LogP contribution in [0, 0.1) is 10.8 Å². The molecule has 0 heterocycles. The first-order valence-corrected chi connectivity index (χ1v) is 14.8. The Labute approximate surface area is 219 Å². The second kappa shape index (κ2) is 19.9. The molecule has 0 aromatic rings. The maximum absolute atomic E-state index is 12.4. The van der Waals surface area contributed by atoms with Gasteiger partial charge in [0.25, 0.3) is 0 Å². The Kier molecular flexibility index (Phi) is 19.2. The zero-order valence-electron chi connectivity index (χ0n) is 23.4. The number of hydrogen-bond donors (Lipinski definition) is 0. The molecule has 0 radical (unpaired) electrons. The molecule has 35 heavy (non-hydrogen) atoms. The summed E-state index contributed by atoms with van der Waals surface area (Å²) in [6.07, 6.45) is 13.5. The number of thioether (sulfide) groups is 1. The average molecular weight is 517 g/mol. The van der Waals surface area contributed by atoms with Crippen molar-refractivity contribution in [2.75, 3.05) is 31.3 Å². The van der Waals surface area contributed by atoms with E-state index in [0.717, 1.165) is 12.8 Å². The quantitative estimate of drug-likeness (QED) is 0.0860. The van der Waals surface area contributed by atoms with Crippen molar-refractivity contribution in [1.29, 1.82) is 0 Å². The van der Waals surface area contributed by atoms with E-state index in [4.69, 9.17) is 14.2 Å². The third-order valence-electron chi connectivity index (χ3n) is 6.21. The highest BCUT2D eigenvalue weighted by Crippen LogP contribution is 2.24. The Morgan fingerprint density at radius 3 is 1.69 bits per heavy atom. The predicted octanol–water partition coefficient (Wildman–Crippen LogP) is 7.12. The lowest BCUT2D eigenvalue weighted by molar-refractivity contribution is -0.159. The van der Waals surface area contributed by atoms with E-state index in [1.54, 1.807) is 0 Å². The topological polar surface area (TPSA) is 78.9 Å². The predicted molar refractivity (Wildman–Crippen MR) is 145 cm³/mol. The molecule has 0 atom stereocenters. The van der Waals surface area contributed by atoms with E-state index in [1.807, 2.05) is 34.6 Å². The van der Waals surface area contributed by atoms with Crippen molar-refractivity contribution in [2.24, 2.45) is 10.8 Å². The van der Waals surface area contributed by atoms with E-state index in [9.17, 15) is 14.4 Å². The molecular weight excluding hydrogens is 464 g/mol. The summed E-state index contributed by atoms with van der Waals surface area (Å²) in [5.74, 6) is 0.358. The molecule has 0 aromatic heterocycles. The zero-order chi connectivity index (χ0) is 26.6. The first-order valence-electron chi connectivity index (χ1n) is 13.6. The van der Waals surface area contributed by atoms with Crippen LogP contribution in [0.5, 0.6) is 0 Å². The van der Waals surface area contributed by atoms with Crippen molar-refractivity contribution in [2.45, 2.75) is 119 Å². The summed E-state index contributed by atoms with van der Waals surface area (Å²) in [6.45, 7) is 12.2. The van der Waals surface area contributed by atoms with Gasteiger partial charge in [0.05, 0.1) is 23.9 Å². The van der Waals surface area contributed by atoms with Crippen LogP contribution >= 0.6 is 11.8 Å². The van der Waals surface area contributed by atoms with Gasteiger partial charge in [-0.2, -0.15) is 11.8 Å². The molecule has 0 fully saturated rings. The van der Waals surface area contributed by atoms with Crippen molar-refractivity contribution in [1.82, 2.24) is 0 Å². The summed E-state index contributed by atoms with van der Waals surface area (Å²) in [4.78, 5) is 36.1. The normalized spacial score (nSPS) is 11.8. The van der Waals surface area contributed by atoms with Gasteiger partial charge in [-0.15, -0.1) is 0 Å². The molecule has 0 bridgehead atoms. The zero-order valence-corrected chi connectivity index (χ0v) is 24.2. The largest absolute Gasteiger partial charge is 0.465 e. The van der Waals surface area contributed by atoms with E-state index in [0.29, 0.717) is 24.5 Å². The molecule has 206 valence electrons. The Morgan fingerprint density at radius 1 is 0.629 bits per heavy atom. The Bertz CT molecular complexity index is 588. The van der Waals surface area contributed by atoms with Crippen molar-refractivity contribution in [3.63, 3.8) is 0 Å². The van der Waals surface area contributed by atoms with E-state index >= 15 is 0 Å². The number of carbonyl (C=O) groups excluding carboxylic acids is 3. The first-order chi connectivity index (χ1) is 16.6. The molecule has 6 nitrogen and oxygen atoms in total. The standard InChI is InChI=1S/C28H52O6S/c1-7-9-10-11-12-13-14-15-16-17-19-33-26(31)28(5,6)23-35-22-18-24(29)32-20-21-34-25(30)27(3,4)8-2/h7-23H2,1-6H3. The van der Waals surface area contributed by atoms with Crippen molar-refractivity contribution in [3.8, 4) is 0 Å². The van der Waals surface area contributed by atoms with Gasteiger partial charge in [0.15, 0.2) is 0 Å². The molecule has 0 aromatic carbocycles. The minimum absolute atomic E-state index is 0.0613. The van der Waals surface area contributed by atoms with Gasteiger partial charge in [0, 0.05) is 11.5 Å². The first kappa shape index (κ1) is 33.8. The van der Waals surface area contributed by atoms with E-state index in [2.05, 4.69) is 6.92 Å². The van der Waals surface area contributed by atoms with Crippen molar-refractivity contribution < 1.29 is 28.6 Å². The SMILES string of the molecule is CCCCCCCCCCCCOC(=O)C(C)(C)CSCCC(=O)OCCOC(=O)C(C)(C)CC. The molecule has 0 aliphatic heterocycles. The van der Waals surface area contributed by atoms with Gasteiger partial charge in [-0.1, -0.05) is 71.6 Å². The molecule has 0 saturated heterocycles. The lowest BCUT2D eigenvalue weighted by Crippen LogP contribution is -2.29. The molecular formula is C28H52O6S. The highest BCUT2D eigenvalue weighted by atomic mass is 32.2. The monoisotopic (exact) mass is 516 g/mol. The molecule has 0 N–H and O–H groups in total. The third kappa shape index (κ3) is 17.8. The summed E-state index contributed by atoms with van der Waals surface area (Å²) in [5, 5.41) is 0. The van der Waals surface area contributed by atoms with Gasteiger partial charge in [0.1, 0.15) is 13.2 Å². The van der Waals surface area contributed by atoms with Gasteiger partial charge >= 0.3 is 17.9 Å². The highest BCUT2D eigenvalue weighted by molar-refractivity contribution is 7.99. The van der Waals surface area contributed by atoms with Gasteiger partial charge < -0.3 is 14.2 Å². The van der Waals surface area contributed by atoms with Crippen molar-refractivity contribution >= 4 is 29.7 Å². The van der Waals surface area contributed by atoms with Crippen LogP contribution in [0.3, 0.4) is 0 Å². The van der Waals surface area contributed by atoms with Gasteiger partial charge in [0.2, 0.25) is 0 Å². The van der Waals surface area contributed by atoms with Gasteiger partial charge in [-0.3, -0.25) is 14.4 Å². The molecule has 0 amide bonds. The van der Waals surface area contributed by atoms with Crippen LogP contribution in [-0.2, 0) is 28.6 Å². The Balaban J connectivity index is 3.76. The van der Waals surface area contributed by atoms with Crippen LogP contribution in [0.15, 0.2) is 0 Å². The molecule has 0 spiro atoms. The summed E-state index contributed by atoms with van der Waals surface area (Å²) < 4.78 is 15.8. The van der Waals surface area contributed by atoms with Crippen LogP contribution in [0.2, 0.25) is 0 Å². The molecule has 0 rings (SSSR count). The second-order valence-corrected chi connectivity index (χ2v) is 11.7. The van der Waals surface area contributed by atoms with Crippen molar-refractivity contribution in [3.05, 3.63) is 0 Å². The van der Waals surface area contributed by atoms with E-state index < -0.39 is 10.8 Å². The Hall–Kier alpha value is -1.24. The smallest absolute Gasteiger partial charge is 0.312 e. The van der Waals surface area contributed by atoms with Gasteiger partial charge in [-0.25, -0.2) is 0 Å². The fourth-order valence-corrected chi connectivity index (χ4v) is 4.28. The van der Waals surface area contributed by atoms with Crippen LogP contribution in [0.1, 0.15) is 119 Å². The number of hydrogen-bond acceptors (Lipinski definition) is 7. The molecule has 7 heteroatoms. The fraction of sp³-hybridized carbons (Fsp3) is 0.893. The number of esters is 3. The van der Waals surface area contributed by atoms with Crippen LogP contribution in [0.4, 0.5) is 0 Å². The number of unbranched alkanes of at least 4 members (excludes halogenated alkanes) is 9. The maximum Gasteiger partial charge on any atom is 0.312 e. The van der Waals surface area contributed by atoms with E-state index in [-0.39, 0.29) is 37.5 Å². The summed E-state index contributed by atoms with van der Waals surface area (Å²) >= 11 is 1.54. The van der Waals surface area contributed by atoms with Crippen LogP contribution < -0.4 is 0 Å². The average Bonchev–Trinajstić information content (AvgIpc) is 2.82. The number of carbonyl (C=O) groups is 3. The summed E-state index contributed by atoms with van der Waals surface area (Å²) in [5.41, 5.74) is -1.12. The lowest BCUT2D eigenvalue weighted by atomic mass is 9.91. The minimum atomic E-state index is -0.590. The fourth-order valence-electron chi connectivity index (χ4n) is 3.19. The third-order valence-corrected chi connectivity index (χ3v) is 7.63. The molecule has 0 aliphatic rings. The minimum Gasteiger partial charge on any atom is -0.465 e. The molecule has 0 saturated carbocycles. The number of rotatable bonds is 22. The second-order valence-electron chi connectivity index (χ2n) is 10.6. The summed E-state index contributed by atoms with van der Waals surface area (Å²) in [7, 11) is 0. The highest BCUT2D eigenvalue weighted by Gasteiger charge is 2.29. The summed E-state index contributed by atoms with van der Waals surface area (Å²) in [6, 6.07) is 0. The maximum atomic E-state index is 12.4. The molecule has 0 unspecified atom stereocenters. The molecule has 0 aliphatic carbocycles. The Morgan fingerprint density at radius 2 is 1.11 bits per heavy atom. The van der Waals surface area contributed by atoms with E-state index in [1.165, 1.54) is 63.1 Å². The number of ether oxygens (including phenoxy) is 3. The van der Waals surface area contributed by atoms with Gasteiger partial charge in [-0.05, 0) is 40.5 Å². The van der Waals surface area contributed by atoms with Crippen LogP contribution in [0.25, 0.3) is 0 Å².